The molecule has 0 amide bonds. The van der Waals surface area contributed by atoms with Gasteiger partial charge in [-0.15, -0.1) is 0 Å². The van der Waals surface area contributed by atoms with E-state index >= 15 is 0 Å². The second-order valence-corrected chi connectivity index (χ2v) is 5.11. The predicted molar refractivity (Wildman–Crippen MR) is 60.7 cm³/mol. The van der Waals surface area contributed by atoms with Gasteiger partial charge < -0.3 is 5.11 Å². The SMILES string of the molecule is CSCCC1CCCCCC1C(=O)O. The lowest BCUT2D eigenvalue weighted by molar-refractivity contribution is -0.144. The maximum Gasteiger partial charge on any atom is 0.306 e. The van der Waals surface area contributed by atoms with Crippen molar-refractivity contribution in [3.05, 3.63) is 0 Å². The minimum Gasteiger partial charge on any atom is -0.481 e. The van der Waals surface area contributed by atoms with Crippen molar-refractivity contribution in [1.29, 1.82) is 0 Å². The fraction of sp³-hybridized carbons (Fsp3) is 0.909. The van der Waals surface area contributed by atoms with Gasteiger partial charge in [0.25, 0.3) is 0 Å². The van der Waals surface area contributed by atoms with Crippen molar-refractivity contribution in [2.45, 2.75) is 38.5 Å². The van der Waals surface area contributed by atoms with E-state index in [-0.39, 0.29) is 5.92 Å². The van der Waals surface area contributed by atoms with Crippen LogP contribution in [-0.2, 0) is 4.79 Å². The number of thioether (sulfide) groups is 1. The number of carboxylic acids is 1. The van der Waals surface area contributed by atoms with Gasteiger partial charge in [-0.05, 0) is 37.2 Å². The summed E-state index contributed by atoms with van der Waals surface area (Å²) < 4.78 is 0. The molecule has 1 N–H and O–H groups in total. The van der Waals surface area contributed by atoms with Crippen LogP contribution in [0.4, 0.5) is 0 Å². The van der Waals surface area contributed by atoms with Crippen molar-refractivity contribution in [1.82, 2.24) is 0 Å². The molecule has 1 rings (SSSR count). The van der Waals surface area contributed by atoms with Crippen molar-refractivity contribution in [3.63, 3.8) is 0 Å². The van der Waals surface area contributed by atoms with E-state index in [2.05, 4.69) is 6.26 Å². The number of hydrogen-bond donors (Lipinski definition) is 1. The number of hydrogen-bond acceptors (Lipinski definition) is 2. The van der Waals surface area contributed by atoms with Crippen molar-refractivity contribution in [2.24, 2.45) is 11.8 Å². The average molecular weight is 216 g/mol. The zero-order valence-electron chi connectivity index (χ0n) is 8.87. The third-order valence-corrected chi connectivity index (χ3v) is 3.81. The Hall–Kier alpha value is -0.180. The standard InChI is InChI=1S/C11H20O2S/c1-14-8-7-9-5-3-2-4-6-10(9)11(12)13/h9-10H,2-8H2,1H3,(H,12,13). The summed E-state index contributed by atoms with van der Waals surface area (Å²) in [7, 11) is 0. The highest BCUT2D eigenvalue weighted by molar-refractivity contribution is 7.98. The molecule has 0 aromatic heterocycles. The summed E-state index contributed by atoms with van der Waals surface area (Å²) >= 11 is 1.82. The molecular formula is C11H20O2S. The largest absolute Gasteiger partial charge is 0.481 e. The molecule has 0 heterocycles. The molecule has 82 valence electrons. The molecule has 1 aliphatic rings. The zero-order chi connectivity index (χ0) is 10.4. The summed E-state index contributed by atoms with van der Waals surface area (Å²) in [6, 6.07) is 0. The molecule has 1 saturated carbocycles. The lowest BCUT2D eigenvalue weighted by Gasteiger charge is -2.20. The molecule has 1 aliphatic carbocycles. The van der Waals surface area contributed by atoms with E-state index in [1.807, 2.05) is 11.8 Å². The van der Waals surface area contributed by atoms with Gasteiger partial charge in [0.05, 0.1) is 5.92 Å². The topological polar surface area (TPSA) is 37.3 Å². The Morgan fingerprint density at radius 3 is 2.71 bits per heavy atom. The van der Waals surface area contributed by atoms with E-state index in [1.165, 1.54) is 12.8 Å². The Balaban J connectivity index is 2.50. The van der Waals surface area contributed by atoms with Gasteiger partial charge in [-0.2, -0.15) is 11.8 Å². The van der Waals surface area contributed by atoms with E-state index in [4.69, 9.17) is 5.11 Å². The fourth-order valence-electron chi connectivity index (χ4n) is 2.32. The quantitative estimate of drug-likeness (QED) is 0.734. The molecular weight excluding hydrogens is 196 g/mol. The fourth-order valence-corrected chi connectivity index (χ4v) is 2.86. The van der Waals surface area contributed by atoms with Crippen LogP contribution in [0.2, 0.25) is 0 Å². The van der Waals surface area contributed by atoms with Gasteiger partial charge in [0, 0.05) is 0 Å². The summed E-state index contributed by atoms with van der Waals surface area (Å²) in [6.45, 7) is 0. The highest BCUT2D eigenvalue weighted by Gasteiger charge is 2.28. The third-order valence-electron chi connectivity index (χ3n) is 3.17. The summed E-state index contributed by atoms with van der Waals surface area (Å²) in [6.07, 6.45) is 8.74. The van der Waals surface area contributed by atoms with Gasteiger partial charge in [0.2, 0.25) is 0 Å². The first-order chi connectivity index (χ1) is 6.75. The van der Waals surface area contributed by atoms with E-state index in [1.54, 1.807) is 0 Å². The molecule has 0 bridgehead atoms. The van der Waals surface area contributed by atoms with Crippen LogP contribution >= 0.6 is 11.8 Å². The molecule has 0 spiro atoms. The third kappa shape index (κ3) is 3.52. The van der Waals surface area contributed by atoms with Crippen molar-refractivity contribution in [2.75, 3.05) is 12.0 Å². The van der Waals surface area contributed by atoms with Gasteiger partial charge in [0.15, 0.2) is 0 Å². The van der Waals surface area contributed by atoms with Crippen LogP contribution in [0.3, 0.4) is 0 Å². The van der Waals surface area contributed by atoms with E-state index < -0.39 is 5.97 Å². The Kier molecular flexibility index (Phi) is 5.38. The van der Waals surface area contributed by atoms with Gasteiger partial charge in [-0.3, -0.25) is 4.79 Å². The van der Waals surface area contributed by atoms with E-state index in [0.717, 1.165) is 31.4 Å². The van der Waals surface area contributed by atoms with E-state index in [9.17, 15) is 4.79 Å². The maximum atomic E-state index is 11.1. The van der Waals surface area contributed by atoms with Gasteiger partial charge in [-0.1, -0.05) is 19.3 Å². The summed E-state index contributed by atoms with van der Waals surface area (Å²) in [5.74, 6) is 0.902. The number of aliphatic carboxylic acids is 1. The Morgan fingerprint density at radius 1 is 1.36 bits per heavy atom. The predicted octanol–water partition coefficient (Wildman–Crippen LogP) is 3.02. The van der Waals surface area contributed by atoms with Crippen LogP contribution in [0.15, 0.2) is 0 Å². The Morgan fingerprint density at radius 2 is 2.07 bits per heavy atom. The minimum absolute atomic E-state index is 0.0651. The van der Waals surface area contributed by atoms with Crippen LogP contribution in [0.5, 0.6) is 0 Å². The molecule has 2 unspecified atom stereocenters. The lowest BCUT2D eigenvalue weighted by Crippen LogP contribution is -2.23. The molecule has 2 atom stereocenters. The van der Waals surface area contributed by atoms with E-state index in [0.29, 0.717) is 5.92 Å². The molecule has 1 fully saturated rings. The summed E-state index contributed by atoms with van der Waals surface area (Å²) in [5, 5.41) is 9.13. The van der Waals surface area contributed by atoms with Crippen LogP contribution in [0.25, 0.3) is 0 Å². The highest BCUT2D eigenvalue weighted by atomic mass is 32.2. The van der Waals surface area contributed by atoms with Crippen LogP contribution in [-0.4, -0.2) is 23.1 Å². The Bertz CT molecular complexity index is 182. The smallest absolute Gasteiger partial charge is 0.306 e. The van der Waals surface area contributed by atoms with Gasteiger partial charge >= 0.3 is 5.97 Å². The second-order valence-electron chi connectivity index (χ2n) is 4.12. The molecule has 0 radical (unpaired) electrons. The zero-order valence-corrected chi connectivity index (χ0v) is 9.68. The average Bonchev–Trinajstić information content (AvgIpc) is 2.39. The minimum atomic E-state index is -0.571. The van der Waals surface area contributed by atoms with Gasteiger partial charge in [0.1, 0.15) is 0 Å². The summed E-state index contributed by atoms with van der Waals surface area (Å²) in [5.41, 5.74) is 0. The van der Waals surface area contributed by atoms with Crippen LogP contribution < -0.4 is 0 Å². The lowest BCUT2D eigenvalue weighted by atomic mass is 9.86. The van der Waals surface area contributed by atoms with Gasteiger partial charge in [-0.25, -0.2) is 0 Å². The highest BCUT2D eigenvalue weighted by Crippen LogP contribution is 2.31. The molecule has 0 saturated heterocycles. The van der Waals surface area contributed by atoms with Crippen molar-refractivity contribution in [3.8, 4) is 0 Å². The van der Waals surface area contributed by atoms with Crippen molar-refractivity contribution < 1.29 is 9.90 Å². The number of carboxylic acid groups (broad SMARTS) is 1. The Labute approximate surface area is 90.5 Å². The molecule has 0 aromatic carbocycles. The second kappa shape index (κ2) is 6.33. The number of carbonyl (C=O) groups is 1. The summed E-state index contributed by atoms with van der Waals surface area (Å²) in [4.78, 5) is 11.1. The first kappa shape index (κ1) is 11.9. The van der Waals surface area contributed by atoms with Crippen molar-refractivity contribution >= 4 is 17.7 Å². The number of rotatable bonds is 4. The molecule has 2 nitrogen and oxygen atoms in total. The molecule has 14 heavy (non-hydrogen) atoms. The first-order valence-electron chi connectivity index (χ1n) is 5.47. The molecule has 0 aliphatic heterocycles. The molecule has 3 heteroatoms. The first-order valence-corrected chi connectivity index (χ1v) is 6.87. The monoisotopic (exact) mass is 216 g/mol. The normalized spacial score (nSPS) is 28.4. The maximum absolute atomic E-state index is 11.1. The molecule has 0 aromatic rings. The van der Waals surface area contributed by atoms with Crippen LogP contribution in [0, 0.1) is 11.8 Å². The van der Waals surface area contributed by atoms with Crippen LogP contribution in [0.1, 0.15) is 38.5 Å².